The number of benzene rings is 2. The summed E-state index contributed by atoms with van der Waals surface area (Å²) in [4.78, 5) is 25.0. The van der Waals surface area contributed by atoms with Gasteiger partial charge in [0.05, 0.1) is 0 Å². The van der Waals surface area contributed by atoms with Gasteiger partial charge in [0, 0.05) is 0 Å². The quantitative estimate of drug-likeness (QED) is 0.359. The summed E-state index contributed by atoms with van der Waals surface area (Å²) < 4.78 is 2.20. The molecular formula is C22H28N2O2Se2. The van der Waals surface area contributed by atoms with Crippen LogP contribution in [0.5, 0.6) is 0 Å². The molecule has 0 aromatic heterocycles. The maximum absolute atomic E-state index is 12.5. The fourth-order valence-corrected chi connectivity index (χ4v) is 9.61. The van der Waals surface area contributed by atoms with Gasteiger partial charge < -0.3 is 0 Å². The summed E-state index contributed by atoms with van der Waals surface area (Å²) in [6, 6.07) is 15.7. The van der Waals surface area contributed by atoms with E-state index in [1.807, 2.05) is 48.5 Å². The number of hydrogen-bond donors (Lipinski definition) is 2. The minimum absolute atomic E-state index is 0.00678. The van der Waals surface area contributed by atoms with Gasteiger partial charge in [0.1, 0.15) is 0 Å². The van der Waals surface area contributed by atoms with Gasteiger partial charge in [-0.25, -0.2) is 0 Å². The number of carbonyl (C=O) groups is 2. The van der Waals surface area contributed by atoms with Crippen molar-refractivity contribution in [2.75, 3.05) is 13.1 Å². The van der Waals surface area contributed by atoms with E-state index in [0.29, 0.717) is 13.1 Å². The number of amides is 2. The molecule has 0 saturated heterocycles. The molecule has 0 spiro atoms. The zero-order valence-electron chi connectivity index (χ0n) is 16.5. The predicted molar refractivity (Wildman–Crippen MR) is 118 cm³/mol. The fraction of sp³-hybridized carbons (Fsp3) is 0.364. The molecule has 28 heavy (non-hydrogen) atoms. The van der Waals surface area contributed by atoms with Crippen molar-refractivity contribution >= 4 is 47.0 Å². The Morgan fingerprint density at radius 3 is 1.50 bits per heavy atom. The van der Waals surface area contributed by atoms with Crippen LogP contribution in [-0.4, -0.2) is 51.2 Å². The Morgan fingerprint density at radius 1 is 0.714 bits per heavy atom. The molecule has 2 aromatic carbocycles. The van der Waals surface area contributed by atoms with E-state index in [0.717, 1.165) is 45.7 Å². The summed E-state index contributed by atoms with van der Waals surface area (Å²) in [5, 5.41) is 6.02. The molecule has 0 bridgehead atoms. The van der Waals surface area contributed by atoms with Crippen LogP contribution in [-0.2, 0) is 0 Å². The third-order valence-electron chi connectivity index (χ3n) is 4.12. The maximum atomic E-state index is 12.5. The van der Waals surface area contributed by atoms with Crippen LogP contribution in [0.1, 0.15) is 60.2 Å². The van der Waals surface area contributed by atoms with E-state index in [4.69, 9.17) is 0 Å². The van der Waals surface area contributed by atoms with Gasteiger partial charge in [-0.05, 0) is 0 Å². The first kappa shape index (κ1) is 22.7. The summed E-state index contributed by atoms with van der Waals surface area (Å²) in [6.07, 6.45) is 4.10. The van der Waals surface area contributed by atoms with Crippen molar-refractivity contribution in [1.29, 1.82) is 0 Å². The molecule has 2 N–H and O–H groups in total. The number of carbonyl (C=O) groups excluding carboxylic acids is 2. The van der Waals surface area contributed by atoms with Crippen LogP contribution in [0.4, 0.5) is 0 Å². The van der Waals surface area contributed by atoms with Gasteiger partial charge in [-0.2, -0.15) is 0 Å². The number of nitrogens with one attached hydrogen (secondary N) is 2. The van der Waals surface area contributed by atoms with Crippen LogP contribution in [0.3, 0.4) is 0 Å². The molecule has 6 heteroatoms. The van der Waals surface area contributed by atoms with Crippen molar-refractivity contribution in [2.45, 2.75) is 39.5 Å². The van der Waals surface area contributed by atoms with E-state index in [9.17, 15) is 9.59 Å². The van der Waals surface area contributed by atoms with Crippen molar-refractivity contribution < 1.29 is 9.59 Å². The molecule has 2 aromatic rings. The van der Waals surface area contributed by atoms with Crippen LogP contribution < -0.4 is 19.6 Å². The molecule has 0 saturated carbocycles. The number of hydrogen-bond acceptors (Lipinski definition) is 2. The molecule has 150 valence electrons. The second-order valence-corrected chi connectivity index (χ2v) is 12.6. The van der Waals surface area contributed by atoms with Gasteiger partial charge in [0.25, 0.3) is 0 Å². The summed E-state index contributed by atoms with van der Waals surface area (Å²) in [5.41, 5.74) is 1.54. The van der Waals surface area contributed by atoms with Crippen molar-refractivity contribution in [3.63, 3.8) is 0 Å². The topological polar surface area (TPSA) is 58.2 Å². The van der Waals surface area contributed by atoms with Gasteiger partial charge >= 0.3 is 180 Å². The first-order chi connectivity index (χ1) is 13.7. The van der Waals surface area contributed by atoms with Crippen molar-refractivity contribution in [2.24, 2.45) is 0 Å². The average molecular weight is 510 g/mol. The average Bonchev–Trinajstić information content (AvgIpc) is 2.73. The van der Waals surface area contributed by atoms with Gasteiger partial charge in [0.2, 0.25) is 0 Å². The summed E-state index contributed by atoms with van der Waals surface area (Å²) in [6.45, 7) is 5.65. The summed E-state index contributed by atoms with van der Waals surface area (Å²) in [5.74, 6) is 0.0136. The van der Waals surface area contributed by atoms with Crippen LogP contribution in [0, 0.1) is 0 Å². The van der Waals surface area contributed by atoms with Crippen LogP contribution in [0.15, 0.2) is 48.5 Å². The van der Waals surface area contributed by atoms with Crippen molar-refractivity contribution in [3.8, 4) is 0 Å². The second kappa shape index (κ2) is 12.8. The normalized spacial score (nSPS) is 10.5. The van der Waals surface area contributed by atoms with E-state index in [2.05, 4.69) is 24.5 Å². The second-order valence-electron chi connectivity index (χ2n) is 6.38. The Bertz CT molecular complexity index is 715. The molecule has 0 aliphatic rings. The SMILES string of the molecule is CCCCNC(=O)c1ccccc1[Se][Se]c1ccccc1C(=O)NCCCC. The molecule has 0 aliphatic carbocycles. The molecule has 0 unspecified atom stereocenters. The van der Waals surface area contributed by atoms with Crippen molar-refractivity contribution in [3.05, 3.63) is 59.7 Å². The Hall–Kier alpha value is -1.58. The molecule has 2 rings (SSSR count). The number of rotatable bonds is 11. The van der Waals surface area contributed by atoms with Crippen molar-refractivity contribution in [1.82, 2.24) is 10.6 Å². The summed E-state index contributed by atoms with van der Waals surface area (Å²) in [7, 11) is 0. The van der Waals surface area contributed by atoms with E-state index in [1.165, 1.54) is 0 Å². The minimum atomic E-state index is 0.00678. The fourth-order valence-electron chi connectivity index (χ4n) is 2.49. The molecule has 4 nitrogen and oxygen atoms in total. The molecule has 0 heterocycles. The van der Waals surface area contributed by atoms with E-state index in [-0.39, 0.29) is 38.1 Å². The Balaban J connectivity index is 2.07. The molecule has 0 atom stereocenters. The van der Waals surface area contributed by atoms with Crippen LogP contribution in [0.25, 0.3) is 0 Å². The first-order valence-electron chi connectivity index (χ1n) is 9.76. The molecule has 0 aliphatic heterocycles. The Morgan fingerprint density at radius 2 is 1.11 bits per heavy atom. The predicted octanol–water partition coefficient (Wildman–Crippen LogP) is 2.02. The van der Waals surface area contributed by atoms with Gasteiger partial charge in [-0.15, -0.1) is 0 Å². The monoisotopic (exact) mass is 512 g/mol. The van der Waals surface area contributed by atoms with Crippen LogP contribution in [0.2, 0.25) is 0 Å². The molecule has 0 radical (unpaired) electrons. The van der Waals surface area contributed by atoms with Gasteiger partial charge in [-0.1, -0.05) is 0 Å². The van der Waals surface area contributed by atoms with E-state index < -0.39 is 0 Å². The summed E-state index contributed by atoms with van der Waals surface area (Å²) >= 11 is 0.261. The zero-order chi connectivity index (χ0) is 20.2. The Kier molecular flexibility index (Phi) is 10.4. The van der Waals surface area contributed by atoms with Crippen LogP contribution >= 0.6 is 0 Å². The molecule has 0 fully saturated rings. The third kappa shape index (κ3) is 7.10. The zero-order valence-corrected chi connectivity index (χ0v) is 19.9. The van der Waals surface area contributed by atoms with E-state index >= 15 is 0 Å². The Labute approximate surface area is 179 Å². The molecule has 2 amide bonds. The number of unbranched alkanes of at least 4 members (excludes halogenated alkanes) is 2. The van der Waals surface area contributed by atoms with Gasteiger partial charge in [0.15, 0.2) is 0 Å². The van der Waals surface area contributed by atoms with Gasteiger partial charge in [-0.3, -0.25) is 0 Å². The first-order valence-corrected chi connectivity index (χ1v) is 15.8. The standard InChI is InChI=1S/C22H28N2O2Se2/c1-3-5-15-23-21(25)17-11-7-9-13-19(17)27-28-20-14-10-8-12-18(20)22(26)24-16-6-4-2/h7-14H,3-6,15-16H2,1-2H3,(H,23,25)(H,24,26). The van der Waals surface area contributed by atoms with E-state index in [1.54, 1.807) is 0 Å². The molecular weight excluding hydrogens is 482 g/mol. The third-order valence-corrected chi connectivity index (χ3v) is 11.4.